The zero-order valence-corrected chi connectivity index (χ0v) is 11.3. The quantitative estimate of drug-likeness (QED) is 0.687. The first kappa shape index (κ1) is 12.0. The van der Waals surface area contributed by atoms with Gasteiger partial charge in [0, 0.05) is 23.0 Å². The second-order valence-corrected chi connectivity index (χ2v) is 5.51. The van der Waals surface area contributed by atoms with E-state index in [2.05, 4.69) is 23.0 Å². The minimum absolute atomic E-state index is 0.0117. The fourth-order valence-electron chi connectivity index (χ4n) is 2.39. The molecule has 0 fully saturated rings. The predicted octanol–water partition coefficient (Wildman–Crippen LogP) is 2.78. The summed E-state index contributed by atoms with van der Waals surface area (Å²) in [4.78, 5) is 17.5. The first-order valence-corrected chi connectivity index (χ1v) is 7.00. The molecule has 0 saturated heterocycles. The smallest absolute Gasteiger partial charge is 0.307 e. The van der Waals surface area contributed by atoms with E-state index in [-0.39, 0.29) is 10.8 Å². The molecule has 0 unspecified atom stereocenters. The van der Waals surface area contributed by atoms with E-state index in [1.807, 2.05) is 18.2 Å². The Morgan fingerprint density at radius 2 is 2.05 bits per heavy atom. The van der Waals surface area contributed by atoms with Crippen LogP contribution in [0.15, 0.2) is 29.1 Å². The summed E-state index contributed by atoms with van der Waals surface area (Å²) in [5.74, 6) is -0.0117. The van der Waals surface area contributed by atoms with Crippen LogP contribution in [0.2, 0.25) is 0 Å². The minimum Gasteiger partial charge on any atom is -0.494 e. The van der Waals surface area contributed by atoms with Gasteiger partial charge in [-0.2, -0.15) is 0 Å². The van der Waals surface area contributed by atoms with Crippen molar-refractivity contribution in [2.24, 2.45) is 0 Å². The lowest BCUT2D eigenvalue weighted by atomic mass is 10.1. The third-order valence-corrected chi connectivity index (χ3v) is 4.16. The highest BCUT2D eigenvalue weighted by Gasteiger charge is 2.14. The maximum Gasteiger partial charge on any atom is 0.307 e. The average molecular weight is 274 g/mol. The first-order chi connectivity index (χ1) is 9.19. The number of rotatable bonds is 3. The number of aromatic amines is 2. The summed E-state index contributed by atoms with van der Waals surface area (Å²) >= 11 is 1.07. The van der Waals surface area contributed by atoms with E-state index in [1.165, 1.54) is 0 Å². The molecule has 0 spiro atoms. The Labute approximate surface area is 113 Å². The van der Waals surface area contributed by atoms with Gasteiger partial charge < -0.3 is 10.1 Å². The van der Waals surface area contributed by atoms with E-state index in [9.17, 15) is 9.90 Å². The standard InChI is InChI=1S/C14H14N2O2S/c1-2-10-9(7-12-13(17)16-14(18)19-12)8-5-3-4-6-11(8)15-10/h3-6,15,17H,2,7H2,1H3,(H,16,18). The maximum atomic E-state index is 11.3. The molecule has 4 nitrogen and oxygen atoms in total. The molecule has 5 heteroatoms. The normalized spacial score (nSPS) is 11.2. The molecular formula is C14H14N2O2S. The molecule has 0 radical (unpaired) electrons. The largest absolute Gasteiger partial charge is 0.494 e. The molecule has 0 aliphatic heterocycles. The number of aromatic hydroxyl groups is 1. The average Bonchev–Trinajstić information content (AvgIpc) is 2.91. The molecular weight excluding hydrogens is 260 g/mol. The third kappa shape index (κ3) is 2.06. The summed E-state index contributed by atoms with van der Waals surface area (Å²) < 4.78 is 0. The molecule has 19 heavy (non-hydrogen) atoms. The van der Waals surface area contributed by atoms with Crippen molar-refractivity contribution in [1.82, 2.24) is 9.97 Å². The fourth-order valence-corrected chi connectivity index (χ4v) is 3.13. The number of hydrogen-bond acceptors (Lipinski definition) is 3. The zero-order valence-electron chi connectivity index (χ0n) is 10.5. The van der Waals surface area contributed by atoms with Crippen LogP contribution >= 0.6 is 11.3 Å². The van der Waals surface area contributed by atoms with Crippen molar-refractivity contribution in [1.29, 1.82) is 0 Å². The van der Waals surface area contributed by atoms with Gasteiger partial charge in [0.25, 0.3) is 0 Å². The Morgan fingerprint density at radius 1 is 1.26 bits per heavy atom. The van der Waals surface area contributed by atoms with Crippen molar-refractivity contribution >= 4 is 22.2 Å². The van der Waals surface area contributed by atoms with E-state index in [4.69, 9.17) is 0 Å². The molecule has 2 aromatic heterocycles. The minimum atomic E-state index is -0.217. The van der Waals surface area contributed by atoms with E-state index >= 15 is 0 Å². The van der Waals surface area contributed by atoms with Crippen LogP contribution in [-0.4, -0.2) is 15.1 Å². The molecule has 3 rings (SSSR count). The van der Waals surface area contributed by atoms with Gasteiger partial charge in [-0.3, -0.25) is 9.78 Å². The first-order valence-electron chi connectivity index (χ1n) is 6.18. The van der Waals surface area contributed by atoms with Crippen LogP contribution in [0, 0.1) is 0 Å². The van der Waals surface area contributed by atoms with Gasteiger partial charge in [0.15, 0.2) is 0 Å². The summed E-state index contributed by atoms with van der Waals surface area (Å²) in [7, 11) is 0. The van der Waals surface area contributed by atoms with Crippen LogP contribution in [0.1, 0.15) is 23.1 Å². The van der Waals surface area contributed by atoms with Crippen molar-refractivity contribution in [3.8, 4) is 5.88 Å². The zero-order chi connectivity index (χ0) is 13.4. The van der Waals surface area contributed by atoms with Gasteiger partial charge in [0.1, 0.15) is 0 Å². The lowest BCUT2D eigenvalue weighted by Crippen LogP contribution is -1.91. The highest BCUT2D eigenvalue weighted by molar-refractivity contribution is 7.09. The molecule has 0 aliphatic rings. The Balaban J connectivity index is 2.13. The number of benzene rings is 1. The topological polar surface area (TPSA) is 68.9 Å². The summed E-state index contributed by atoms with van der Waals surface area (Å²) in [6, 6.07) is 8.09. The highest BCUT2D eigenvalue weighted by Crippen LogP contribution is 2.28. The number of aryl methyl sites for hydroxylation is 1. The molecule has 3 N–H and O–H groups in total. The van der Waals surface area contributed by atoms with Crippen LogP contribution in [0.4, 0.5) is 0 Å². The lowest BCUT2D eigenvalue weighted by molar-refractivity contribution is 0.451. The predicted molar refractivity (Wildman–Crippen MR) is 77.1 cm³/mol. The van der Waals surface area contributed by atoms with Crippen LogP contribution in [0.5, 0.6) is 5.88 Å². The molecule has 98 valence electrons. The van der Waals surface area contributed by atoms with E-state index in [1.54, 1.807) is 0 Å². The summed E-state index contributed by atoms with van der Waals surface area (Å²) in [6.45, 7) is 2.09. The highest BCUT2D eigenvalue weighted by atomic mass is 32.1. The summed E-state index contributed by atoms with van der Waals surface area (Å²) in [5.41, 5.74) is 3.40. The Morgan fingerprint density at radius 3 is 2.74 bits per heavy atom. The molecule has 0 aliphatic carbocycles. The molecule has 3 aromatic rings. The SMILES string of the molecule is CCc1[nH]c2ccccc2c1Cc1sc(=O)[nH]c1O. The number of fused-ring (bicyclic) bond motifs is 1. The number of nitrogens with one attached hydrogen (secondary N) is 2. The number of aromatic nitrogens is 2. The monoisotopic (exact) mass is 274 g/mol. The number of thiazole rings is 1. The fraction of sp³-hybridized carbons (Fsp3) is 0.214. The van der Waals surface area contributed by atoms with Crippen molar-refractivity contribution in [2.45, 2.75) is 19.8 Å². The van der Waals surface area contributed by atoms with Crippen molar-refractivity contribution in [3.05, 3.63) is 50.1 Å². The lowest BCUT2D eigenvalue weighted by Gasteiger charge is -2.01. The van der Waals surface area contributed by atoms with Crippen LogP contribution in [0.3, 0.4) is 0 Å². The molecule has 0 bridgehead atoms. The van der Waals surface area contributed by atoms with Crippen molar-refractivity contribution < 1.29 is 5.11 Å². The van der Waals surface area contributed by atoms with Crippen LogP contribution in [0.25, 0.3) is 10.9 Å². The molecule has 0 saturated carbocycles. The van der Waals surface area contributed by atoms with Gasteiger partial charge in [0.2, 0.25) is 5.88 Å². The van der Waals surface area contributed by atoms with Crippen LogP contribution in [-0.2, 0) is 12.8 Å². The number of H-pyrrole nitrogens is 2. The Kier molecular flexibility index (Phi) is 2.91. The maximum absolute atomic E-state index is 11.3. The second kappa shape index (κ2) is 4.59. The van der Waals surface area contributed by atoms with Gasteiger partial charge in [-0.25, -0.2) is 0 Å². The van der Waals surface area contributed by atoms with Gasteiger partial charge >= 0.3 is 4.87 Å². The Hall–Kier alpha value is -2.01. The van der Waals surface area contributed by atoms with E-state index < -0.39 is 0 Å². The second-order valence-electron chi connectivity index (χ2n) is 4.44. The summed E-state index contributed by atoms with van der Waals surface area (Å²) in [5, 5.41) is 10.9. The van der Waals surface area contributed by atoms with Crippen molar-refractivity contribution in [3.63, 3.8) is 0 Å². The van der Waals surface area contributed by atoms with Crippen LogP contribution < -0.4 is 4.87 Å². The molecule has 2 heterocycles. The van der Waals surface area contributed by atoms with Gasteiger partial charge in [-0.15, -0.1) is 0 Å². The van der Waals surface area contributed by atoms with Gasteiger partial charge in [-0.05, 0) is 18.1 Å². The van der Waals surface area contributed by atoms with E-state index in [0.29, 0.717) is 11.3 Å². The molecule has 1 aromatic carbocycles. The van der Waals surface area contributed by atoms with E-state index in [0.717, 1.165) is 39.9 Å². The van der Waals surface area contributed by atoms with Gasteiger partial charge in [-0.1, -0.05) is 36.5 Å². The third-order valence-electron chi connectivity index (χ3n) is 3.29. The Bertz CT molecular complexity index is 782. The van der Waals surface area contributed by atoms with Gasteiger partial charge in [0.05, 0.1) is 4.88 Å². The molecule has 0 atom stereocenters. The number of hydrogen-bond donors (Lipinski definition) is 3. The van der Waals surface area contributed by atoms with Crippen molar-refractivity contribution in [2.75, 3.05) is 0 Å². The number of para-hydroxylation sites is 1. The summed E-state index contributed by atoms with van der Waals surface area (Å²) in [6.07, 6.45) is 1.46. The molecule has 0 amide bonds.